The van der Waals surface area contributed by atoms with Crippen LogP contribution in [0.15, 0.2) is 115 Å². The first-order valence-electron chi connectivity index (χ1n) is 14.6. The molecular weight excluding hydrogens is 582 g/mol. The molecule has 222 valence electrons. The second kappa shape index (κ2) is 12.7. The molecule has 0 aliphatic carbocycles. The van der Waals surface area contributed by atoms with Gasteiger partial charge in [0.15, 0.2) is 5.78 Å². The highest BCUT2D eigenvalue weighted by molar-refractivity contribution is 7.21. The molecule has 5 nitrogen and oxygen atoms in total. The lowest BCUT2D eigenvalue weighted by molar-refractivity contribution is 0.102. The van der Waals surface area contributed by atoms with Crippen LogP contribution in [-0.4, -0.2) is 16.7 Å². The number of carbonyl (C=O) groups is 2. The maximum absolute atomic E-state index is 15.1. The molecule has 3 N–H and O–H groups in total. The molecule has 0 unspecified atom stereocenters. The van der Waals surface area contributed by atoms with Gasteiger partial charge in [-0.1, -0.05) is 105 Å². The maximum Gasteiger partial charge on any atom is 0.267 e. The van der Waals surface area contributed by atoms with Crippen molar-refractivity contribution in [1.29, 1.82) is 0 Å². The topological polar surface area (TPSA) is 85.1 Å². The van der Waals surface area contributed by atoms with Gasteiger partial charge in [0.1, 0.15) is 15.5 Å². The van der Waals surface area contributed by atoms with Gasteiger partial charge in [0.05, 0.1) is 11.4 Å². The number of fused-ring (bicyclic) bond motifs is 1. The average Bonchev–Trinajstić information content (AvgIpc) is 3.40. The van der Waals surface area contributed by atoms with Crippen molar-refractivity contribution in [1.82, 2.24) is 4.98 Å². The number of allylic oxidation sites excluding steroid dienone is 1. The number of ketones is 1. The second-order valence-electron chi connectivity index (χ2n) is 11.0. The number of nitrogen functional groups attached to an aromatic ring is 1. The summed E-state index contributed by atoms with van der Waals surface area (Å²) in [7, 11) is 0. The number of carbonyl (C=O) groups excluding carboxylic acids is 2. The summed E-state index contributed by atoms with van der Waals surface area (Å²) in [6, 6.07) is 32.7. The zero-order valence-corrected chi connectivity index (χ0v) is 25.6. The summed E-state index contributed by atoms with van der Waals surface area (Å²) in [4.78, 5) is 32.1. The third-order valence-electron chi connectivity index (χ3n) is 7.57. The van der Waals surface area contributed by atoms with Crippen molar-refractivity contribution in [2.45, 2.75) is 19.8 Å². The van der Waals surface area contributed by atoms with Crippen molar-refractivity contribution in [3.63, 3.8) is 0 Å². The number of hydrogen-bond donors (Lipinski definition) is 2. The van der Waals surface area contributed by atoms with E-state index in [1.165, 1.54) is 17.7 Å². The minimum Gasteiger partial charge on any atom is -0.397 e. The van der Waals surface area contributed by atoms with Gasteiger partial charge in [-0.05, 0) is 52.9 Å². The number of aromatic nitrogens is 1. The quantitative estimate of drug-likeness (QED) is 0.133. The van der Waals surface area contributed by atoms with Crippen LogP contribution < -0.4 is 11.1 Å². The first-order valence-corrected chi connectivity index (χ1v) is 15.4. The summed E-state index contributed by atoms with van der Waals surface area (Å²) >= 11 is 1.14. The summed E-state index contributed by atoms with van der Waals surface area (Å²) < 4.78 is 15.1. The van der Waals surface area contributed by atoms with Crippen LogP contribution in [0, 0.1) is 5.82 Å². The standard InChI is InChI=1S/C38H30FN3O2S/c1-23(2)25-18-15-24(16-19-25)17-20-33(43)27-11-8-12-28(21-27)41-37(44)36-35(40)34-30(29-13-6-7-14-31(29)39)22-32(42-38(34)45-36)26-9-4-3-5-10-26/h3-23H,40H2,1-2H3,(H,41,44)/b20-17+. The summed E-state index contributed by atoms with van der Waals surface area (Å²) in [5.41, 5.74) is 12.3. The number of halogens is 1. The molecule has 0 aliphatic heterocycles. The van der Waals surface area contributed by atoms with E-state index in [4.69, 9.17) is 10.7 Å². The minimum absolute atomic E-state index is 0.187. The van der Waals surface area contributed by atoms with Gasteiger partial charge in [-0.3, -0.25) is 9.59 Å². The lowest BCUT2D eigenvalue weighted by atomic mass is 9.99. The van der Waals surface area contributed by atoms with Crippen LogP contribution >= 0.6 is 11.3 Å². The molecule has 0 aliphatic rings. The van der Waals surface area contributed by atoms with Gasteiger partial charge in [-0.25, -0.2) is 9.37 Å². The lowest BCUT2D eigenvalue weighted by Gasteiger charge is -2.10. The van der Waals surface area contributed by atoms with Crippen molar-refractivity contribution < 1.29 is 14.0 Å². The highest BCUT2D eigenvalue weighted by Gasteiger charge is 2.23. The summed E-state index contributed by atoms with van der Waals surface area (Å²) in [6.45, 7) is 4.27. The third kappa shape index (κ3) is 6.30. The Balaban J connectivity index is 1.30. The predicted octanol–water partition coefficient (Wildman–Crippen LogP) is 9.62. The highest BCUT2D eigenvalue weighted by Crippen LogP contribution is 2.42. The molecule has 0 saturated carbocycles. The molecule has 4 aromatic carbocycles. The van der Waals surface area contributed by atoms with Crippen LogP contribution in [0.25, 0.3) is 38.7 Å². The number of nitrogens with one attached hydrogen (secondary N) is 1. The summed E-state index contributed by atoms with van der Waals surface area (Å²) in [6.07, 6.45) is 3.30. The maximum atomic E-state index is 15.1. The van der Waals surface area contributed by atoms with Crippen LogP contribution in [0.4, 0.5) is 15.8 Å². The molecule has 0 radical (unpaired) electrons. The Morgan fingerprint density at radius 3 is 2.33 bits per heavy atom. The fraction of sp³-hybridized carbons (Fsp3) is 0.0789. The van der Waals surface area contributed by atoms with Gasteiger partial charge in [-0.15, -0.1) is 11.3 Å². The SMILES string of the molecule is CC(C)c1ccc(/C=C/C(=O)c2cccc(NC(=O)c3sc4nc(-c5ccccc5)cc(-c5ccccc5F)c4c3N)c2)cc1. The van der Waals surface area contributed by atoms with Crippen molar-refractivity contribution in [3.05, 3.63) is 143 Å². The van der Waals surface area contributed by atoms with E-state index in [0.717, 1.165) is 22.5 Å². The summed E-state index contributed by atoms with van der Waals surface area (Å²) in [5.74, 6) is -0.597. The molecular formula is C38H30FN3O2S. The van der Waals surface area contributed by atoms with E-state index in [-0.39, 0.29) is 16.3 Å². The van der Waals surface area contributed by atoms with Crippen LogP contribution in [0.5, 0.6) is 0 Å². The first-order chi connectivity index (χ1) is 21.8. The number of pyridine rings is 1. The fourth-order valence-electron chi connectivity index (χ4n) is 5.14. The van der Waals surface area contributed by atoms with E-state index < -0.39 is 11.7 Å². The number of amides is 1. The fourth-order valence-corrected chi connectivity index (χ4v) is 6.15. The molecule has 45 heavy (non-hydrogen) atoms. The number of hydrogen-bond acceptors (Lipinski definition) is 5. The Labute approximate surface area is 264 Å². The molecule has 7 heteroatoms. The molecule has 6 aromatic rings. The number of thiophene rings is 1. The number of rotatable bonds is 8. The monoisotopic (exact) mass is 611 g/mol. The van der Waals surface area contributed by atoms with Crippen molar-refractivity contribution in [2.24, 2.45) is 0 Å². The zero-order valence-electron chi connectivity index (χ0n) is 24.8. The van der Waals surface area contributed by atoms with Crippen molar-refractivity contribution in [2.75, 3.05) is 11.1 Å². The van der Waals surface area contributed by atoms with Gasteiger partial charge < -0.3 is 11.1 Å². The number of nitrogens with zero attached hydrogens (tertiary/aromatic N) is 1. The number of anilines is 2. The third-order valence-corrected chi connectivity index (χ3v) is 8.67. The van der Waals surface area contributed by atoms with E-state index in [2.05, 4.69) is 31.3 Å². The Kier molecular flexibility index (Phi) is 8.36. The van der Waals surface area contributed by atoms with Gasteiger partial charge in [0.25, 0.3) is 5.91 Å². The Morgan fingerprint density at radius 1 is 0.867 bits per heavy atom. The minimum atomic E-state index is -0.443. The molecule has 2 heterocycles. The normalized spacial score (nSPS) is 11.4. The predicted molar refractivity (Wildman–Crippen MR) is 183 cm³/mol. The van der Waals surface area contributed by atoms with E-state index in [1.54, 1.807) is 48.5 Å². The van der Waals surface area contributed by atoms with E-state index in [9.17, 15) is 9.59 Å². The van der Waals surface area contributed by atoms with Gasteiger partial charge >= 0.3 is 0 Å². The molecule has 0 spiro atoms. The van der Waals surface area contributed by atoms with Crippen LogP contribution in [0.3, 0.4) is 0 Å². The van der Waals surface area contributed by atoms with Crippen LogP contribution in [0.2, 0.25) is 0 Å². The first kappa shape index (κ1) is 29.7. The van der Waals surface area contributed by atoms with Gasteiger partial charge in [0.2, 0.25) is 0 Å². The number of benzene rings is 4. The van der Waals surface area contributed by atoms with Gasteiger partial charge in [-0.2, -0.15) is 0 Å². The van der Waals surface area contributed by atoms with Crippen molar-refractivity contribution >= 4 is 50.7 Å². The van der Waals surface area contributed by atoms with Gasteiger partial charge in [0, 0.05) is 27.8 Å². The average molecular weight is 612 g/mol. The zero-order chi connectivity index (χ0) is 31.5. The molecule has 0 saturated heterocycles. The molecule has 0 bridgehead atoms. The van der Waals surface area contributed by atoms with Crippen LogP contribution in [0.1, 0.15) is 50.9 Å². The van der Waals surface area contributed by atoms with Crippen molar-refractivity contribution in [3.8, 4) is 22.4 Å². The number of nitrogens with two attached hydrogens (primary N) is 1. The second-order valence-corrected chi connectivity index (χ2v) is 12.0. The lowest BCUT2D eigenvalue weighted by Crippen LogP contribution is -2.12. The molecule has 6 rings (SSSR count). The van der Waals surface area contributed by atoms with Crippen LogP contribution in [-0.2, 0) is 0 Å². The molecule has 1 amide bonds. The van der Waals surface area contributed by atoms with E-state index in [1.807, 2.05) is 48.5 Å². The highest BCUT2D eigenvalue weighted by atomic mass is 32.1. The molecule has 0 atom stereocenters. The smallest absolute Gasteiger partial charge is 0.267 e. The van der Waals surface area contributed by atoms with E-state index in [0.29, 0.717) is 44.2 Å². The molecule has 0 fully saturated rings. The Morgan fingerprint density at radius 2 is 1.60 bits per heavy atom. The summed E-state index contributed by atoms with van der Waals surface area (Å²) in [5, 5.41) is 3.39. The molecule has 2 aromatic heterocycles. The van der Waals surface area contributed by atoms with E-state index >= 15 is 4.39 Å². The Hall–Kier alpha value is -5.40. The largest absolute Gasteiger partial charge is 0.397 e. The Bertz CT molecular complexity index is 2070.